The average molecular weight is 463 g/mol. The van der Waals surface area contributed by atoms with Crippen LogP contribution in [0.25, 0.3) is 11.0 Å². The minimum atomic E-state index is -3.88. The highest BCUT2D eigenvalue weighted by Crippen LogP contribution is 2.25. The van der Waals surface area contributed by atoms with Crippen LogP contribution in [-0.2, 0) is 34.7 Å². The van der Waals surface area contributed by atoms with Gasteiger partial charge in [-0.15, -0.1) is 0 Å². The van der Waals surface area contributed by atoms with Crippen molar-refractivity contribution < 1.29 is 13.2 Å². The number of anilines is 2. The molecule has 0 aliphatic heterocycles. The van der Waals surface area contributed by atoms with Crippen LogP contribution in [0.2, 0.25) is 0 Å². The number of nitrogens with zero attached hydrogens (tertiary/aromatic N) is 2. The van der Waals surface area contributed by atoms with Gasteiger partial charge in [-0.25, -0.2) is 13.4 Å². The van der Waals surface area contributed by atoms with Crippen LogP contribution in [0.15, 0.2) is 71.6 Å². The lowest BCUT2D eigenvalue weighted by Crippen LogP contribution is -2.17. The first-order valence-corrected chi connectivity index (χ1v) is 12.1. The largest absolute Gasteiger partial charge is 0.331 e. The molecule has 0 saturated carbocycles. The van der Waals surface area contributed by atoms with E-state index in [1.165, 1.54) is 6.92 Å². The fraction of sp³-hybridized carbons (Fsp3) is 0.200. The van der Waals surface area contributed by atoms with Gasteiger partial charge in [-0.3, -0.25) is 9.52 Å². The van der Waals surface area contributed by atoms with E-state index in [4.69, 9.17) is 4.98 Å². The minimum absolute atomic E-state index is 0.0311. The number of imidazole rings is 1. The number of para-hydroxylation sites is 2. The lowest BCUT2D eigenvalue weighted by Gasteiger charge is -2.14. The fourth-order valence-electron chi connectivity index (χ4n) is 3.77. The summed E-state index contributed by atoms with van der Waals surface area (Å²) in [6, 6.07) is 20.2. The van der Waals surface area contributed by atoms with Gasteiger partial charge in [0.1, 0.15) is 10.7 Å². The summed E-state index contributed by atoms with van der Waals surface area (Å²) in [4.78, 5) is 16.2. The molecule has 0 aliphatic rings. The van der Waals surface area contributed by atoms with Gasteiger partial charge in [0.25, 0.3) is 10.0 Å². The Hall–Kier alpha value is -3.65. The maximum atomic E-state index is 13.0. The van der Waals surface area contributed by atoms with E-state index in [-0.39, 0.29) is 16.5 Å². The van der Waals surface area contributed by atoms with Crippen molar-refractivity contribution in [2.75, 3.05) is 10.0 Å². The maximum absolute atomic E-state index is 13.0. The van der Waals surface area contributed by atoms with Crippen molar-refractivity contribution in [3.63, 3.8) is 0 Å². The number of benzene rings is 3. The molecule has 0 radical (unpaired) electrons. The molecular formula is C25H26N4O3S. The van der Waals surface area contributed by atoms with E-state index in [2.05, 4.69) is 20.7 Å². The first-order chi connectivity index (χ1) is 15.7. The van der Waals surface area contributed by atoms with E-state index in [0.29, 0.717) is 5.69 Å². The summed E-state index contributed by atoms with van der Waals surface area (Å²) in [7, 11) is -1.86. The van der Waals surface area contributed by atoms with Gasteiger partial charge in [-0.05, 0) is 60.9 Å². The molecular weight excluding hydrogens is 436 g/mol. The number of rotatable bonds is 7. The summed E-state index contributed by atoms with van der Waals surface area (Å²) in [5.74, 6) is 0.672. The molecule has 0 aliphatic carbocycles. The number of carbonyl (C=O) groups excluding carboxylic acids is 1. The van der Waals surface area contributed by atoms with Gasteiger partial charge < -0.3 is 9.88 Å². The molecule has 1 amide bonds. The predicted octanol–water partition coefficient (Wildman–Crippen LogP) is 4.43. The average Bonchev–Trinajstić information content (AvgIpc) is 3.10. The number of hydrogen-bond acceptors (Lipinski definition) is 4. The molecule has 4 aromatic rings. The van der Waals surface area contributed by atoms with Gasteiger partial charge in [-0.1, -0.05) is 30.3 Å². The predicted molar refractivity (Wildman–Crippen MR) is 131 cm³/mol. The van der Waals surface area contributed by atoms with Crippen LogP contribution in [0.1, 0.15) is 23.9 Å². The first kappa shape index (κ1) is 22.5. The number of carbonyl (C=O) groups is 1. The standard InChI is InChI=1S/C25H26N4O3S/c1-17-8-14-22(26-18(2)30)24(16-17)33(31,32)28-20-12-9-19(10-13-20)11-15-25-27-21-6-4-5-7-23(21)29(25)3/h4-10,12-14,16,28H,11,15H2,1-3H3,(H,26,30). The number of nitrogens with one attached hydrogen (secondary N) is 2. The molecule has 8 heteroatoms. The highest BCUT2D eigenvalue weighted by molar-refractivity contribution is 7.92. The number of fused-ring (bicyclic) bond motifs is 1. The summed E-state index contributed by atoms with van der Waals surface area (Å²) in [5, 5.41) is 2.58. The van der Waals surface area contributed by atoms with E-state index in [1.54, 1.807) is 37.3 Å². The van der Waals surface area contributed by atoms with E-state index in [1.807, 2.05) is 37.4 Å². The molecule has 33 heavy (non-hydrogen) atoms. The van der Waals surface area contributed by atoms with Gasteiger partial charge in [0.2, 0.25) is 5.91 Å². The number of aromatic nitrogens is 2. The van der Waals surface area contributed by atoms with E-state index < -0.39 is 10.0 Å². The van der Waals surface area contributed by atoms with Crippen molar-refractivity contribution in [2.24, 2.45) is 7.05 Å². The molecule has 0 spiro atoms. The van der Waals surface area contributed by atoms with E-state index in [0.717, 1.165) is 40.8 Å². The first-order valence-electron chi connectivity index (χ1n) is 10.6. The highest BCUT2D eigenvalue weighted by Gasteiger charge is 2.20. The molecule has 1 heterocycles. The van der Waals surface area contributed by atoms with Crippen LogP contribution in [0.5, 0.6) is 0 Å². The quantitative estimate of drug-likeness (QED) is 0.425. The van der Waals surface area contributed by atoms with Crippen molar-refractivity contribution in [1.29, 1.82) is 0 Å². The van der Waals surface area contributed by atoms with Gasteiger partial charge in [0.05, 0.1) is 16.7 Å². The van der Waals surface area contributed by atoms with E-state index >= 15 is 0 Å². The van der Waals surface area contributed by atoms with Crippen LogP contribution in [-0.4, -0.2) is 23.9 Å². The third-order valence-electron chi connectivity index (χ3n) is 5.46. The van der Waals surface area contributed by atoms with Crippen molar-refractivity contribution in [1.82, 2.24) is 9.55 Å². The van der Waals surface area contributed by atoms with Crippen molar-refractivity contribution >= 4 is 38.3 Å². The normalized spacial score (nSPS) is 11.5. The van der Waals surface area contributed by atoms with Gasteiger partial charge >= 0.3 is 0 Å². The molecule has 170 valence electrons. The lowest BCUT2D eigenvalue weighted by atomic mass is 10.1. The molecule has 0 bridgehead atoms. The second kappa shape index (κ2) is 9.07. The van der Waals surface area contributed by atoms with Crippen molar-refractivity contribution in [2.45, 2.75) is 31.6 Å². The SMILES string of the molecule is CC(=O)Nc1ccc(C)cc1S(=O)(=O)Nc1ccc(CCc2nc3ccccc3n2C)cc1. The molecule has 0 saturated heterocycles. The number of sulfonamides is 1. The molecule has 3 aromatic carbocycles. The van der Waals surface area contributed by atoms with Crippen molar-refractivity contribution in [3.8, 4) is 0 Å². The summed E-state index contributed by atoms with van der Waals surface area (Å²) >= 11 is 0. The van der Waals surface area contributed by atoms with Crippen molar-refractivity contribution in [3.05, 3.63) is 83.7 Å². The topological polar surface area (TPSA) is 93.1 Å². The van der Waals surface area contributed by atoms with E-state index in [9.17, 15) is 13.2 Å². The third kappa shape index (κ3) is 5.06. The van der Waals surface area contributed by atoms with Crippen LogP contribution < -0.4 is 10.0 Å². The summed E-state index contributed by atoms with van der Waals surface area (Å²) in [5.41, 5.74) is 4.65. The summed E-state index contributed by atoms with van der Waals surface area (Å²) < 4.78 is 30.7. The Labute approximate surface area is 193 Å². The zero-order valence-electron chi connectivity index (χ0n) is 18.8. The molecule has 4 rings (SSSR count). The molecule has 0 fully saturated rings. The Kier molecular flexibility index (Phi) is 6.20. The van der Waals surface area contributed by atoms with Crippen LogP contribution in [0.3, 0.4) is 0 Å². The van der Waals surface area contributed by atoms with Crippen LogP contribution >= 0.6 is 0 Å². The Morgan fingerprint density at radius 2 is 1.73 bits per heavy atom. The number of amides is 1. The number of hydrogen-bond donors (Lipinski definition) is 2. The molecule has 0 atom stereocenters. The molecule has 1 aromatic heterocycles. The second-order valence-corrected chi connectivity index (χ2v) is 9.71. The Morgan fingerprint density at radius 3 is 2.42 bits per heavy atom. The highest BCUT2D eigenvalue weighted by atomic mass is 32.2. The molecule has 0 unspecified atom stereocenters. The Balaban J connectivity index is 1.48. The van der Waals surface area contributed by atoms with Gasteiger partial charge in [0, 0.05) is 26.1 Å². The summed E-state index contributed by atoms with van der Waals surface area (Å²) in [6.45, 7) is 3.14. The fourth-order valence-corrected chi connectivity index (χ4v) is 5.08. The maximum Gasteiger partial charge on any atom is 0.263 e. The van der Waals surface area contributed by atoms with Crippen LogP contribution in [0.4, 0.5) is 11.4 Å². The van der Waals surface area contributed by atoms with Gasteiger partial charge in [0.15, 0.2) is 0 Å². The zero-order valence-corrected chi connectivity index (χ0v) is 19.6. The third-order valence-corrected chi connectivity index (χ3v) is 6.88. The van der Waals surface area contributed by atoms with Gasteiger partial charge in [-0.2, -0.15) is 0 Å². The minimum Gasteiger partial charge on any atom is -0.331 e. The molecule has 2 N–H and O–H groups in total. The monoisotopic (exact) mass is 462 g/mol. The zero-order chi connectivity index (χ0) is 23.6. The Morgan fingerprint density at radius 1 is 1.00 bits per heavy atom. The van der Waals surface area contributed by atoms with Crippen LogP contribution in [0, 0.1) is 6.92 Å². The lowest BCUT2D eigenvalue weighted by molar-refractivity contribution is -0.114. The summed E-state index contributed by atoms with van der Waals surface area (Å²) in [6.07, 6.45) is 1.56. The second-order valence-electron chi connectivity index (χ2n) is 8.06. The number of aryl methyl sites for hydroxylation is 4. The Bertz CT molecular complexity index is 1420. The molecule has 7 nitrogen and oxygen atoms in total. The smallest absolute Gasteiger partial charge is 0.263 e.